The predicted molar refractivity (Wildman–Crippen MR) is 161 cm³/mol. The zero-order valence-corrected chi connectivity index (χ0v) is 25.5. The van der Waals surface area contributed by atoms with Gasteiger partial charge in [0.1, 0.15) is 18.3 Å². The molecule has 0 fully saturated rings. The molecule has 11 heteroatoms. The third kappa shape index (κ3) is 7.94. The first kappa shape index (κ1) is 32.3. The fourth-order valence-corrected chi connectivity index (χ4v) is 5.74. The van der Waals surface area contributed by atoms with Crippen molar-refractivity contribution in [2.75, 3.05) is 38.7 Å². The highest BCUT2D eigenvalue weighted by molar-refractivity contribution is 7.92. The van der Waals surface area contributed by atoms with Crippen LogP contribution >= 0.6 is 0 Å². The first-order valence-corrected chi connectivity index (χ1v) is 15.1. The Morgan fingerprint density at radius 1 is 0.881 bits per heavy atom. The Bertz CT molecular complexity index is 1450. The van der Waals surface area contributed by atoms with E-state index < -0.39 is 28.5 Å². The van der Waals surface area contributed by atoms with E-state index in [0.717, 1.165) is 22.7 Å². The average molecular weight is 598 g/mol. The minimum absolute atomic E-state index is 0.0669. The number of sulfonamides is 1. The second-order valence-corrected chi connectivity index (χ2v) is 11.4. The number of nitrogens with zero attached hydrogens (tertiary/aromatic N) is 2. The van der Waals surface area contributed by atoms with Gasteiger partial charge in [0.15, 0.2) is 11.5 Å². The lowest BCUT2D eigenvalue weighted by atomic mass is 10.1. The molecule has 0 aromatic heterocycles. The second kappa shape index (κ2) is 15.1. The molecule has 0 saturated carbocycles. The van der Waals surface area contributed by atoms with Gasteiger partial charge in [0.05, 0.1) is 31.9 Å². The number of methoxy groups -OCH3 is 3. The summed E-state index contributed by atoms with van der Waals surface area (Å²) in [7, 11) is 0.155. The summed E-state index contributed by atoms with van der Waals surface area (Å²) in [5.41, 5.74) is 1.02. The van der Waals surface area contributed by atoms with E-state index in [1.54, 1.807) is 62.6 Å². The van der Waals surface area contributed by atoms with Crippen LogP contribution in [0.25, 0.3) is 0 Å². The van der Waals surface area contributed by atoms with Crippen LogP contribution in [0.4, 0.5) is 5.69 Å². The third-order valence-electron chi connectivity index (χ3n) is 6.75. The molecule has 3 aromatic rings. The molecule has 0 heterocycles. The van der Waals surface area contributed by atoms with Crippen molar-refractivity contribution in [1.82, 2.24) is 10.2 Å². The van der Waals surface area contributed by atoms with Crippen molar-refractivity contribution in [3.8, 4) is 17.2 Å². The van der Waals surface area contributed by atoms with E-state index in [1.807, 2.05) is 13.0 Å². The SMILES string of the molecule is CCCCNC(=O)[C@H](C)N(Cc1cccc(OC)c1)C(=O)CN(c1ccccc1)S(=O)(=O)c1ccc(OC)c(OC)c1. The standard InChI is InChI=1S/C31H39N3O7S/c1-6-7-18-32-31(36)23(2)33(21-24-12-11-15-26(19-24)39-3)30(35)22-34(25-13-9-8-10-14-25)42(37,38)27-16-17-28(40-4)29(20-27)41-5/h8-17,19-20,23H,6-7,18,21-22H2,1-5H3,(H,32,36)/t23-/m0/s1. The van der Waals surface area contributed by atoms with Crippen molar-refractivity contribution in [2.45, 2.75) is 44.2 Å². The maximum Gasteiger partial charge on any atom is 0.264 e. The fraction of sp³-hybridized carbons (Fsp3) is 0.355. The molecule has 0 bridgehead atoms. The molecule has 2 amide bonds. The molecular weight excluding hydrogens is 558 g/mol. The number of carbonyl (C=O) groups is 2. The van der Waals surface area contributed by atoms with Gasteiger partial charge < -0.3 is 24.4 Å². The normalized spacial score (nSPS) is 11.7. The Labute approximate surface area is 248 Å². The number of hydrogen-bond donors (Lipinski definition) is 1. The highest BCUT2D eigenvalue weighted by atomic mass is 32.2. The zero-order valence-electron chi connectivity index (χ0n) is 24.7. The molecule has 10 nitrogen and oxygen atoms in total. The Morgan fingerprint density at radius 2 is 1.60 bits per heavy atom. The molecule has 0 aliphatic heterocycles. The molecule has 226 valence electrons. The van der Waals surface area contributed by atoms with E-state index in [0.29, 0.717) is 23.7 Å². The minimum Gasteiger partial charge on any atom is -0.497 e. The van der Waals surface area contributed by atoms with Crippen LogP contribution in [0.2, 0.25) is 0 Å². The largest absolute Gasteiger partial charge is 0.497 e. The molecule has 1 atom stereocenters. The van der Waals surface area contributed by atoms with Crippen molar-refractivity contribution in [1.29, 1.82) is 0 Å². The van der Waals surface area contributed by atoms with Crippen molar-refractivity contribution < 1.29 is 32.2 Å². The molecule has 0 aliphatic carbocycles. The average Bonchev–Trinajstić information content (AvgIpc) is 3.02. The molecule has 0 spiro atoms. The number of hydrogen-bond acceptors (Lipinski definition) is 7. The van der Waals surface area contributed by atoms with Gasteiger partial charge in [-0.2, -0.15) is 0 Å². The van der Waals surface area contributed by atoms with E-state index in [2.05, 4.69) is 5.32 Å². The molecule has 1 N–H and O–H groups in total. The van der Waals surface area contributed by atoms with E-state index in [1.165, 1.54) is 37.3 Å². The highest BCUT2D eigenvalue weighted by Gasteiger charge is 2.33. The lowest BCUT2D eigenvalue weighted by molar-refractivity contribution is -0.139. The van der Waals surface area contributed by atoms with E-state index in [9.17, 15) is 18.0 Å². The number of ether oxygens (including phenoxy) is 3. The summed E-state index contributed by atoms with van der Waals surface area (Å²) in [6.45, 7) is 3.65. The number of anilines is 1. The molecule has 0 aliphatic rings. The molecule has 3 rings (SSSR count). The Balaban J connectivity index is 2.02. The lowest BCUT2D eigenvalue weighted by Crippen LogP contribution is -2.51. The van der Waals surface area contributed by atoms with E-state index >= 15 is 0 Å². The number of para-hydroxylation sites is 1. The maximum absolute atomic E-state index is 14.0. The predicted octanol–water partition coefficient (Wildman–Crippen LogP) is 4.24. The summed E-state index contributed by atoms with van der Waals surface area (Å²) in [6.07, 6.45) is 1.70. The zero-order chi connectivity index (χ0) is 30.7. The Kier molecular flexibility index (Phi) is 11.6. The lowest BCUT2D eigenvalue weighted by Gasteiger charge is -2.32. The molecule has 42 heavy (non-hydrogen) atoms. The summed E-state index contributed by atoms with van der Waals surface area (Å²) in [6, 6.07) is 18.9. The summed E-state index contributed by atoms with van der Waals surface area (Å²) < 4.78 is 45.0. The van der Waals surface area contributed by atoms with Gasteiger partial charge in [0, 0.05) is 19.2 Å². The maximum atomic E-state index is 14.0. The van der Waals surface area contributed by atoms with Crippen LogP contribution in [-0.2, 0) is 26.2 Å². The van der Waals surface area contributed by atoms with Crippen LogP contribution in [0.5, 0.6) is 17.2 Å². The number of carbonyl (C=O) groups excluding carboxylic acids is 2. The smallest absolute Gasteiger partial charge is 0.264 e. The van der Waals surface area contributed by atoms with Crippen LogP contribution in [0, 0.1) is 0 Å². The minimum atomic E-state index is -4.26. The van der Waals surface area contributed by atoms with Gasteiger partial charge in [-0.05, 0) is 55.3 Å². The fourth-order valence-electron chi connectivity index (χ4n) is 4.31. The van der Waals surface area contributed by atoms with Gasteiger partial charge in [-0.3, -0.25) is 13.9 Å². The van der Waals surface area contributed by atoms with Gasteiger partial charge in [-0.25, -0.2) is 8.42 Å². The molecule has 0 radical (unpaired) electrons. The highest BCUT2D eigenvalue weighted by Crippen LogP contribution is 2.32. The number of unbranched alkanes of at least 4 members (excludes halogenated alkanes) is 1. The van der Waals surface area contributed by atoms with Crippen molar-refractivity contribution >= 4 is 27.5 Å². The molecule has 0 saturated heterocycles. The third-order valence-corrected chi connectivity index (χ3v) is 8.52. The number of nitrogens with one attached hydrogen (secondary N) is 1. The first-order chi connectivity index (χ1) is 20.2. The van der Waals surface area contributed by atoms with Gasteiger partial charge in [0.25, 0.3) is 10.0 Å². The molecule has 3 aromatic carbocycles. The van der Waals surface area contributed by atoms with E-state index in [4.69, 9.17) is 14.2 Å². The van der Waals surface area contributed by atoms with Crippen LogP contribution in [0.15, 0.2) is 77.7 Å². The van der Waals surface area contributed by atoms with Gasteiger partial charge >= 0.3 is 0 Å². The van der Waals surface area contributed by atoms with Gasteiger partial charge in [-0.15, -0.1) is 0 Å². The molecule has 0 unspecified atom stereocenters. The number of rotatable bonds is 15. The van der Waals surface area contributed by atoms with Crippen molar-refractivity contribution in [3.05, 3.63) is 78.4 Å². The van der Waals surface area contributed by atoms with Crippen LogP contribution in [0.3, 0.4) is 0 Å². The topological polar surface area (TPSA) is 114 Å². The Morgan fingerprint density at radius 3 is 2.24 bits per heavy atom. The second-order valence-electron chi connectivity index (χ2n) is 9.56. The van der Waals surface area contributed by atoms with Gasteiger partial charge in [-0.1, -0.05) is 43.7 Å². The monoisotopic (exact) mass is 597 g/mol. The van der Waals surface area contributed by atoms with Crippen molar-refractivity contribution in [3.63, 3.8) is 0 Å². The van der Waals surface area contributed by atoms with Crippen LogP contribution < -0.4 is 23.8 Å². The van der Waals surface area contributed by atoms with Gasteiger partial charge in [0.2, 0.25) is 11.8 Å². The van der Waals surface area contributed by atoms with Crippen LogP contribution in [-0.4, -0.2) is 65.6 Å². The summed E-state index contributed by atoms with van der Waals surface area (Å²) in [4.78, 5) is 28.4. The summed E-state index contributed by atoms with van der Waals surface area (Å²) in [5, 5.41) is 2.88. The quantitative estimate of drug-likeness (QED) is 0.261. The Hall–Kier alpha value is -4.25. The van der Waals surface area contributed by atoms with E-state index in [-0.39, 0.29) is 23.1 Å². The summed E-state index contributed by atoms with van der Waals surface area (Å²) >= 11 is 0. The van der Waals surface area contributed by atoms with Crippen LogP contribution in [0.1, 0.15) is 32.3 Å². The summed E-state index contributed by atoms with van der Waals surface area (Å²) in [5.74, 6) is 0.320. The number of benzene rings is 3. The molecular formula is C31H39N3O7S. The van der Waals surface area contributed by atoms with Crippen molar-refractivity contribution in [2.24, 2.45) is 0 Å². The first-order valence-electron chi connectivity index (χ1n) is 13.7. The number of amides is 2.